The molecule has 5 rings (SSSR count). The van der Waals surface area contributed by atoms with Gasteiger partial charge in [-0.05, 0) is 51.7 Å². The largest absolute Gasteiger partial charge is 0.493 e. The van der Waals surface area contributed by atoms with Gasteiger partial charge in [-0.2, -0.15) is 10.1 Å². The number of nitrogens with one attached hydrogen (secondary N) is 1. The number of anilines is 1. The van der Waals surface area contributed by atoms with Gasteiger partial charge in [0.25, 0.3) is 0 Å². The van der Waals surface area contributed by atoms with Gasteiger partial charge in [-0.25, -0.2) is 9.48 Å². The molecule has 0 fully saturated rings. The van der Waals surface area contributed by atoms with Gasteiger partial charge in [0.2, 0.25) is 5.95 Å². The van der Waals surface area contributed by atoms with E-state index < -0.39 is 12.0 Å². The second-order valence-electron chi connectivity index (χ2n) is 8.46. The van der Waals surface area contributed by atoms with Gasteiger partial charge in [-0.1, -0.05) is 60.7 Å². The van der Waals surface area contributed by atoms with Gasteiger partial charge in [-0.3, -0.25) is 0 Å². The average molecular weight is 561 g/mol. The summed E-state index contributed by atoms with van der Waals surface area (Å²) in [6.45, 7) is 2.37. The predicted octanol–water partition coefficient (Wildman–Crippen LogP) is 5.66. The maximum atomic E-state index is 13.4. The van der Waals surface area contributed by atoms with Gasteiger partial charge < -0.3 is 19.5 Å². The van der Waals surface area contributed by atoms with E-state index in [1.165, 1.54) is 6.33 Å². The summed E-state index contributed by atoms with van der Waals surface area (Å²) in [4.78, 5) is 17.7. The van der Waals surface area contributed by atoms with Crippen molar-refractivity contribution in [3.63, 3.8) is 0 Å². The molecule has 0 saturated carbocycles. The van der Waals surface area contributed by atoms with Crippen LogP contribution in [0.3, 0.4) is 0 Å². The van der Waals surface area contributed by atoms with Crippen molar-refractivity contribution in [2.75, 3.05) is 12.4 Å². The Balaban J connectivity index is 1.48. The number of fused-ring (bicyclic) bond motifs is 1. The lowest BCUT2D eigenvalue weighted by Gasteiger charge is -2.29. The summed E-state index contributed by atoms with van der Waals surface area (Å²) in [6.07, 6.45) is 1.45. The van der Waals surface area contributed by atoms with Crippen molar-refractivity contribution in [2.24, 2.45) is 0 Å². The van der Waals surface area contributed by atoms with E-state index in [1.807, 2.05) is 79.7 Å². The fourth-order valence-corrected chi connectivity index (χ4v) is 4.81. The Morgan fingerprint density at radius 2 is 1.70 bits per heavy atom. The fraction of sp³-hybridized carbons (Fsp3) is 0.179. The number of aromatic nitrogens is 3. The third kappa shape index (κ3) is 5.22. The molecule has 0 bridgehead atoms. The third-order valence-corrected chi connectivity index (χ3v) is 6.61. The lowest BCUT2D eigenvalue weighted by Crippen LogP contribution is -2.29. The summed E-state index contributed by atoms with van der Waals surface area (Å²) in [7, 11) is 1.58. The summed E-state index contributed by atoms with van der Waals surface area (Å²) in [6, 6.07) is 22.6. The Labute approximate surface area is 223 Å². The van der Waals surface area contributed by atoms with E-state index in [0.717, 1.165) is 16.7 Å². The van der Waals surface area contributed by atoms with Crippen molar-refractivity contribution in [3.05, 3.63) is 112 Å². The number of allylic oxidation sites excluding steroid dienone is 1. The highest BCUT2D eigenvalue weighted by molar-refractivity contribution is 9.10. The number of carbonyl (C=O) groups is 1. The number of hydrogen-bond acceptors (Lipinski definition) is 7. The number of ether oxygens (including phenoxy) is 3. The highest BCUT2D eigenvalue weighted by Gasteiger charge is 2.35. The summed E-state index contributed by atoms with van der Waals surface area (Å²) >= 11 is 3.64. The number of carbonyl (C=O) groups excluding carboxylic acids is 1. The van der Waals surface area contributed by atoms with Gasteiger partial charge >= 0.3 is 5.97 Å². The number of methoxy groups -OCH3 is 1. The van der Waals surface area contributed by atoms with Crippen molar-refractivity contribution in [1.29, 1.82) is 0 Å². The second-order valence-corrected chi connectivity index (χ2v) is 9.32. The first-order valence-electron chi connectivity index (χ1n) is 11.7. The van der Waals surface area contributed by atoms with E-state index in [2.05, 4.69) is 31.3 Å². The van der Waals surface area contributed by atoms with Crippen molar-refractivity contribution in [3.8, 4) is 11.5 Å². The summed E-state index contributed by atoms with van der Waals surface area (Å²) in [5.41, 5.74) is 3.77. The minimum Gasteiger partial charge on any atom is -0.493 e. The molecule has 1 aliphatic heterocycles. The highest BCUT2D eigenvalue weighted by atomic mass is 79.9. The van der Waals surface area contributed by atoms with E-state index in [4.69, 9.17) is 14.2 Å². The maximum Gasteiger partial charge on any atom is 0.338 e. The zero-order valence-corrected chi connectivity index (χ0v) is 21.9. The van der Waals surface area contributed by atoms with E-state index in [-0.39, 0.29) is 6.61 Å². The molecule has 0 radical (unpaired) electrons. The highest BCUT2D eigenvalue weighted by Crippen LogP contribution is 2.43. The normalized spacial score (nSPS) is 14.5. The van der Waals surface area contributed by atoms with Crippen LogP contribution in [0.2, 0.25) is 0 Å². The van der Waals surface area contributed by atoms with Gasteiger partial charge in [-0.15, -0.1) is 0 Å². The number of hydrogen-bond donors (Lipinski definition) is 1. The predicted molar refractivity (Wildman–Crippen MR) is 142 cm³/mol. The number of esters is 1. The molecule has 37 heavy (non-hydrogen) atoms. The van der Waals surface area contributed by atoms with Crippen LogP contribution in [0.25, 0.3) is 0 Å². The zero-order valence-electron chi connectivity index (χ0n) is 20.3. The number of benzene rings is 3. The quantitative estimate of drug-likeness (QED) is 0.278. The Bertz CT molecular complexity index is 1440. The van der Waals surface area contributed by atoms with Crippen molar-refractivity contribution < 1.29 is 19.0 Å². The molecule has 4 aromatic rings. The van der Waals surface area contributed by atoms with Gasteiger partial charge in [0.05, 0.1) is 17.2 Å². The SMILES string of the molecule is COc1cc(C2C(C(=O)OCc3ccccc3)=C(C)Nc3ncnn32)cc(Br)c1OCc1ccccc1. The van der Waals surface area contributed by atoms with Crippen LogP contribution < -0.4 is 14.8 Å². The van der Waals surface area contributed by atoms with Crippen LogP contribution in [-0.2, 0) is 22.7 Å². The van der Waals surface area contributed by atoms with E-state index >= 15 is 0 Å². The second kappa shape index (κ2) is 10.9. The topological polar surface area (TPSA) is 87.5 Å². The van der Waals surface area contributed by atoms with Crippen LogP contribution >= 0.6 is 15.9 Å². The number of halogens is 1. The minimum atomic E-state index is -0.588. The smallest absolute Gasteiger partial charge is 0.338 e. The van der Waals surface area contributed by atoms with Crippen LogP contribution in [0.1, 0.15) is 29.7 Å². The molecule has 0 spiro atoms. The summed E-state index contributed by atoms with van der Waals surface area (Å²) in [5, 5.41) is 7.56. The monoisotopic (exact) mass is 560 g/mol. The van der Waals surface area contributed by atoms with Crippen LogP contribution in [0.4, 0.5) is 5.95 Å². The average Bonchev–Trinajstić information content (AvgIpc) is 3.39. The molecule has 1 aliphatic rings. The Morgan fingerprint density at radius 3 is 2.38 bits per heavy atom. The minimum absolute atomic E-state index is 0.159. The molecule has 188 valence electrons. The Hall–Kier alpha value is -4.11. The van der Waals surface area contributed by atoms with Crippen LogP contribution in [-0.4, -0.2) is 27.8 Å². The first-order valence-corrected chi connectivity index (χ1v) is 12.5. The summed E-state index contributed by atoms with van der Waals surface area (Å²) < 4.78 is 19.9. The van der Waals surface area contributed by atoms with Crippen molar-refractivity contribution in [1.82, 2.24) is 14.8 Å². The molecule has 1 atom stereocenters. The van der Waals surface area contributed by atoms with E-state index in [1.54, 1.807) is 11.8 Å². The summed E-state index contributed by atoms with van der Waals surface area (Å²) in [5.74, 6) is 1.17. The third-order valence-electron chi connectivity index (χ3n) is 6.02. The first kappa shape index (κ1) is 24.6. The molecular weight excluding hydrogens is 536 g/mol. The van der Waals surface area contributed by atoms with Gasteiger partial charge in [0.15, 0.2) is 11.5 Å². The van der Waals surface area contributed by atoms with Crippen LogP contribution in [0.15, 0.2) is 94.9 Å². The number of rotatable bonds is 8. The Kier molecular flexibility index (Phi) is 7.23. The van der Waals surface area contributed by atoms with E-state index in [0.29, 0.717) is 39.8 Å². The molecule has 9 heteroatoms. The fourth-order valence-electron chi connectivity index (χ4n) is 4.23. The van der Waals surface area contributed by atoms with Crippen LogP contribution in [0.5, 0.6) is 11.5 Å². The van der Waals surface area contributed by atoms with E-state index in [9.17, 15) is 4.79 Å². The maximum absolute atomic E-state index is 13.4. The molecular formula is C28H25BrN4O4. The van der Waals surface area contributed by atoms with Gasteiger partial charge in [0.1, 0.15) is 25.6 Å². The molecule has 0 amide bonds. The molecule has 8 nitrogen and oxygen atoms in total. The standard InChI is InChI=1S/C28H25BrN4O4/c1-18-24(27(34)37-16-20-11-7-4-8-12-20)25(33-28(32-18)30-17-31-33)21-13-22(29)26(23(14-21)35-2)36-15-19-9-5-3-6-10-19/h3-14,17,25H,15-16H2,1-2H3,(H,30,31,32). The molecule has 0 saturated heterocycles. The lowest BCUT2D eigenvalue weighted by molar-refractivity contribution is -0.140. The van der Waals surface area contributed by atoms with Crippen molar-refractivity contribution >= 4 is 27.8 Å². The van der Waals surface area contributed by atoms with Crippen LogP contribution in [0, 0.1) is 0 Å². The lowest BCUT2D eigenvalue weighted by atomic mass is 9.95. The number of nitrogens with zero attached hydrogens (tertiary/aromatic N) is 3. The molecule has 2 heterocycles. The Morgan fingerprint density at radius 1 is 1.03 bits per heavy atom. The van der Waals surface area contributed by atoms with Gasteiger partial charge in [0, 0.05) is 5.70 Å². The molecule has 3 aromatic carbocycles. The zero-order chi connectivity index (χ0) is 25.8. The molecule has 0 aliphatic carbocycles. The molecule has 1 N–H and O–H groups in total. The first-order chi connectivity index (χ1) is 18.0. The van der Waals surface area contributed by atoms with Crippen molar-refractivity contribution in [2.45, 2.75) is 26.2 Å². The molecule has 1 unspecified atom stereocenters. The molecule has 1 aromatic heterocycles.